The Bertz CT molecular complexity index is 728. The molecule has 3 aromatic rings. The zero-order chi connectivity index (χ0) is 15.4. The molecule has 22 heavy (non-hydrogen) atoms. The van der Waals surface area contributed by atoms with Gasteiger partial charge in [-0.3, -0.25) is 14.3 Å². The predicted octanol–water partition coefficient (Wildman–Crippen LogP) is 1.55. The van der Waals surface area contributed by atoms with E-state index in [-0.39, 0.29) is 0 Å². The van der Waals surface area contributed by atoms with Crippen LogP contribution in [-0.2, 0) is 27.1 Å². The van der Waals surface area contributed by atoms with Gasteiger partial charge in [0.2, 0.25) is 0 Å². The molecule has 0 saturated carbocycles. The van der Waals surface area contributed by atoms with Gasteiger partial charge in [0.05, 0.1) is 11.9 Å². The molecule has 0 radical (unpaired) electrons. The molecule has 6 nitrogen and oxygen atoms in total. The Kier molecular flexibility index (Phi) is 4.29. The second kappa shape index (κ2) is 6.53. The van der Waals surface area contributed by atoms with Crippen LogP contribution in [0.5, 0.6) is 0 Å². The summed E-state index contributed by atoms with van der Waals surface area (Å²) in [7, 11) is 3.88. The van der Waals surface area contributed by atoms with Crippen molar-refractivity contribution in [3.63, 3.8) is 0 Å². The molecule has 0 aliphatic heterocycles. The number of pyridine rings is 1. The quantitative estimate of drug-likeness (QED) is 0.701. The Morgan fingerprint density at radius 2 is 2.05 bits per heavy atom. The normalized spacial score (nSPS) is 11.0. The van der Waals surface area contributed by atoms with Crippen LogP contribution in [0.25, 0.3) is 11.3 Å². The minimum Gasteiger partial charge on any atom is -0.312 e. The fourth-order valence-electron chi connectivity index (χ4n) is 2.47. The molecular formula is C16H20N6. The Labute approximate surface area is 129 Å². The molecule has 0 spiro atoms. The van der Waals surface area contributed by atoms with Gasteiger partial charge in [0, 0.05) is 56.6 Å². The molecule has 1 N–H and O–H groups in total. The van der Waals surface area contributed by atoms with Crippen LogP contribution in [0.4, 0.5) is 0 Å². The first kappa shape index (κ1) is 14.5. The Morgan fingerprint density at radius 3 is 2.77 bits per heavy atom. The maximum atomic E-state index is 4.54. The van der Waals surface area contributed by atoms with Crippen molar-refractivity contribution in [2.45, 2.75) is 13.0 Å². The van der Waals surface area contributed by atoms with Gasteiger partial charge < -0.3 is 5.32 Å². The van der Waals surface area contributed by atoms with Gasteiger partial charge in [0.1, 0.15) is 0 Å². The summed E-state index contributed by atoms with van der Waals surface area (Å²) >= 11 is 0. The van der Waals surface area contributed by atoms with Crippen molar-refractivity contribution < 1.29 is 0 Å². The zero-order valence-corrected chi connectivity index (χ0v) is 12.9. The molecule has 0 aromatic carbocycles. The third-order valence-corrected chi connectivity index (χ3v) is 3.50. The highest BCUT2D eigenvalue weighted by atomic mass is 15.3. The first-order chi connectivity index (χ1) is 10.7. The smallest absolute Gasteiger partial charge is 0.0983 e. The monoisotopic (exact) mass is 296 g/mol. The van der Waals surface area contributed by atoms with Crippen LogP contribution in [0.1, 0.15) is 11.1 Å². The molecule has 0 aliphatic carbocycles. The fraction of sp³-hybridized carbons (Fsp3) is 0.312. The van der Waals surface area contributed by atoms with E-state index in [0.29, 0.717) is 0 Å². The van der Waals surface area contributed by atoms with E-state index in [2.05, 4.69) is 26.7 Å². The number of rotatable bonds is 6. The molecule has 0 amide bonds. The molecule has 3 rings (SSSR count). The van der Waals surface area contributed by atoms with Crippen LogP contribution in [0.3, 0.4) is 0 Å². The van der Waals surface area contributed by atoms with Crippen molar-refractivity contribution in [3.8, 4) is 11.3 Å². The third-order valence-electron chi connectivity index (χ3n) is 3.50. The molecule has 3 aromatic heterocycles. The minimum absolute atomic E-state index is 0.790. The predicted molar refractivity (Wildman–Crippen MR) is 85.1 cm³/mol. The summed E-state index contributed by atoms with van der Waals surface area (Å²) in [4.78, 5) is 4.17. The van der Waals surface area contributed by atoms with Crippen molar-refractivity contribution in [2.24, 2.45) is 14.1 Å². The SMILES string of the molecule is Cn1cc(CCNCc2cn(C)nc2-c2cccnc2)cn1. The van der Waals surface area contributed by atoms with E-state index in [1.807, 2.05) is 54.2 Å². The van der Waals surface area contributed by atoms with Gasteiger partial charge in [0.25, 0.3) is 0 Å². The number of nitrogens with one attached hydrogen (secondary N) is 1. The largest absolute Gasteiger partial charge is 0.312 e. The van der Waals surface area contributed by atoms with Gasteiger partial charge in [-0.05, 0) is 30.7 Å². The highest BCUT2D eigenvalue weighted by Gasteiger charge is 2.09. The molecule has 0 bridgehead atoms. The molecule has 0 fully saturated rings. The highest BCUT2D eigenvalue weighted by molar-refractivity contribution is 5.61. The lowest BCUT2D eigenvalue weighted by molar-refractivity contribution is 0.685. The van der Waals surface area contributed by atoms with Gasteiger partial charge in [-0.2, -0.15) is 10.2 Å². The molecular weight excluding hydrogens is 276 g/mol. The highest BCUT2D eigenvalue weighted by Crippen LogP contribution is 2.20. The first-order valence-electron chi connectivity index (χ1n) is 7.33. The lowest BCUT2D eigenvalue weighted by atomic mass is 10.1. The third kappa shape index (κ3) is 3.40. The van der Waals surface area contributed by atoms with Gasteiger partial charge in [-0.25, -0.2) is 0 Å². The maximum absolute atomic E-state index is 4.54. The summed E-state index contributed by atoms with van der Waals surface area (Å²) in [5.41, 5.74) is 4.46. The maximum Gasteiger partial charge on any atom is 0.0983 e. The summed E-state index contributed by atoms with van der Waals surface area (Å²) in [6, 6.07) is 3.97. The van der Waals surface area contributed by atoms with Crippen molar-refractivity contribution in [1.82, 2.24) is 29.9 Å². The summed E-state index contributed by atoms with van der Waals surface area (Å²) in [5.74, 6) is 0. The Morgan fingerprint density at radius 1 is 1.14 bits per heavy atom. The van der Waals surface area contributed by atoms with Crippen LogP contribution in [0.15, 0.2) is 43.1 Å². The number of hydrogen-bond acceptors (Lipinski definition) is 4. The van der Waals surface area contributed by atoms with Gasteiger partial charge >= 0.3 is 0 Å². The van der Waals surface area contributed by atoms with Crippen LogP contribution in [0.2, 0.25) is 0 Å². The van der Waals surface area contributed by atoms with E-state index in [4.69, 9.17) is 0 Å². The van der Waals surface area contributed by atoms with Crippen molar-refractivity contribution in [3.05, 3.63) is 54.2 Å². The fourth-order valence-corrected chi connectivity index (χ4v) is 2.47. The number of aromatic nitrogens is 5. The minimum atomic E-state index is 0.790. The summed E-state index contributed by atoms with van der Waals surface area (Å²) in [6.45, 7) is 1.70. The summed E-state index contributed by atoms with van der Waals surface area (Å²) in [6.07, 6.45) is 10.6. The van der Waals surface area contributed by atoms with Crippen LogP contribution in [-0.4, -0.2) is 31.1 Å². The van der Waals surface area contributed by atoms with E-state index in [9.17, 15) is 0 Å². The summed E-state index contributed by atoms with van der Waals surface area (Å²) in [5, 5.41) is 12.2. The Hall–Kier alpha value is -2.47. The Balaban J connectivity index is 1.61. The molecule has 0 saturated heterocycles. The second-order valence-corrected chi connectivity index (χ2v) is 5.37. The van der Waals surface area contributed by atoms with Gasteiger partial charge in [0.15, 0.2) is 0 Å². The number of aryl methyl sites for hydroxylation is 2. The lowest BCUT2D eigenvalue weighted by Gasteiger charge is -2.04. The first-order valence-corrected chi connectivity index (χ1v) is 7.33. The topological polar surface area (TPSA) is 60.6 Å². The van der Waals surface area contributed by atoms with Crippen molar-refractivity contribution in [2.75, 3.05) is 6.54 Å². The van der Waals surface area contributed by atoms with E-state index < -0.39 is 0 Å². The van der Waals surface area contributed by atoms with Crippen LogP contribution in [0, 0.1) is 0 Å². The molecule has 0 unspecified atom stereocenters. The zero-order valence-electron chi connectivity index (χ0n) is 12.9. The van der Waals surface area contributed by atoms with Gasteiger partial charge in [-0.1, -0.05) is 0 Å². The molecule has 0 aliphatic rings. The molecule has 6 heteroatoms. The van der Waals surface area contributed by atoms with E-state index in [1.54, 1.807) is 6.20 Å². The number of nitrogens with zero attached hydrogens (tertiary/aromatic N) is 5. The van der Waals surface area contributed by atoms with E-state index in [1.165, 1.54) is 11.1 Å². The van der Waals surface area contributed by atoms with Crippen LogP contribution < -0.4 is 5.32 Å². The average Bonchev–Trinajstić information content (AvgIpc) is 3.10. The average molecular weight is 296 g/mol. The summed E-state index contributed by atoms with van der Waals surface area (Å²) < 4.78 is 3.68. The number of hydrogen-bond donors (Lipinski definition) is 1. The van der Waals surface area contributed by atoms with Crippen LogP contribution >= 0.6 is 0 Å². The molecule has 0 atom stereocenters. The molecule has 114 valence electrons. The van der Waals surface area contributed by atoms with Crippen molar-refractivity contribution >= 4 is 0 Å². The van der Waals surface area contributed by atoms with E-state index >= 15 is 0 Å². The van der Waals surface area contributed by atoms with Gasteiger partial charge in [-0.15, -0.1) is 0 Å². The standard InChI is InChI=1S/C16H20N6/c1-21-11-13(8-19-21)5-7-18-10-15-12-22(2)20-16(15)14-4-3-6-17-9-14/h3-4,6,8-9,11-12,18H,5,7,10H2,1-2H3. The van der Waals surface area contributed by atoms with E-state index in [0.717, 1.165) is 30.8 Å². The lowest BCUT2D eigenvalue weighted by Crippen LogP contribution is -2.16. The molecule has 3 heterocycles. The van der Waals surface area contributed by atoms with Crippen molar-refractivity contribution in [1.29, 1.82) is 0 Å². The second-order valence-electron chi connectivity index (χ2n) is 5.37.